The summed E-state index contributed by atoms with van der Waals surface area (Å²) in [6.45, 7) is 5.12. The molecule has 1 saturated carbocycles. The first-order valence-corrected chi connectivity index (χ1v) is 6.46. The van der Waals surface area contributed by atoms with Crippen LogP contribution in [0.15, 0.2) is 0 Å². The predicted molar refractivity (Wildman–Crippen MR) is 60.7 cm³/mol. The Kier molecular flexibility index (Phi) is 3.36. The Bertz CT molecular complexity index is 209. The Morgan fingerprint density at radius 1 is 1.27 bits per heavy atom. The number of ether oxygens (including phenoxy) is 1. The van der Waals surface area contributed by atoms with Gasteiger partial charge in [-0.25, -0.2) is 0 Å². The van der Waals surface area contributed by atoms with Gasteiger partial charge in [-0.1, -0.05) is 26.7 Å². The van der Waals surface area contributed by atoms with E-state index in [9.17, 15) is 5.11 Å². The third kappa shape index (κ3) is 2.36. The van der Waals surface area contributed by atoms with Crippen LogP contribution < -0.4 is 0 Å². The average molecular weight is 212 g/mol. The fourth-order valence-electron chi connectivity index (χ4n) is 3.16. The second kappa shape index (κ2) is 4.42. The van der Waals surface area contributed by atoms with Crippen molar-refractivity contribution >= 4 is 0 Å². The average Bonchev–Trinajstić information content (AvgIpc) is 2.71. The van der Waals surface area contributed by atoms with Gasteiger partial charge in [0, 0.05) is 13.0 Å². The number of aliphatic hydroxyl groups is 1. The van der Waals surface area contributed by atoms with Gasteiger partial charge in [0.25, 0.3) is 0 Å². The van der Waals surface area contributed by atoms with E-state index in [4.69, 9.17) is 4.74 Å². The lowest BCUT2D eigenvalue weighted by Gasteiger charge is -2.42. The lowest BCUT2D eigenvalue weighted by molar-refractivity contribution is -0.141. The lowest BCUT2D eigenvalue weighted by Crippen LogP contribution is -2.47. The normalized spacial score (nSPS) is 38.8. The molecule has 0 aromatic carbocycles. The molecule has 0 aromatic heterocycles. The van der Waals surface area contributed by atoms with Gasteiger partial charge in [-0.3, -0.25) is 0 Å². The number of rotatable bonds is 2. The summed E-state index contributed by atoms with van der Waals surface area (Å²) < 4.78 is 5.73. The summed E-state index contributed by atoms with van der Waals surface area (Å²) in [5, 5.41) is 10.7. The van der Waals surface area contributed by atoms with Gasteiger partial charge in [0.1, 0.15) is 0 Å². The van der Waals surface area contributed by atoms with Crippen LogP contribution in [-0.2, 0) is 4.74 Å². The van der Waals surface area contributed by atoms with Crippen molar-refractivity contribution in [3.8, 4) is 0 Å². The monoisotopic (exact) mass is 212 g/mol. The van der Waals surface area contributed by atoms with Crippen LogP contribution >= 0.6 is 0 Å². The molecule has 0 radical (unpaired) electrons. The molecule has 2 unspecified atom stereocenters. The summed E-state index contributed by atoms with van der Waals surface area (Å²) in [6.07, 6.45) is 7.03. The molecule has 2 aliphatic rings. The van der Waals surface area contributed by atoms with Crippen LogP contribution in [0.2, 0.25) is 0 Å². The summed E-state index contributed by atoms with van der Waals surface area (Å²) in [4.78, 5) is 0. The molecule has 88 valence electrons. The molecule has 2 heteroatoms. The molecule has 15 heavy (non-hydrogen) atoms. The second-order valence-corrected chi connectivity index (χ2v) is 5.69. The molecule has 0 amide bonds. The smallest absolute Gasteiger partial charge is 0.0722 e. The van der Waals surface area contributed by atoms with Gasteiger partial charge < -0.3 is 9.84 Å². The molecule has 2 nitrogen and oxygen atoms in total. The van der Waals surface area contributed by atoms with Gasteiger partial charge in [-0.15, -0.1) is 0 Å². The summed E-state index contributed by atoms with van der Waals surface area (Å²) in [7, 11) is 0. The van der Waals surface area contributed by atoms with E-state index in [0.29, 0.717) is 11.8 Å². The third-order valence-corrected chi connectivity index (χ3v) is 4.28. The van der Waals surface area contributed by atoms with E-state index in [2.05, 4.69) is 13.8 Å². The van der Waals surface area contributed by atoms with Crippen LogP contribution in [0.25, 0.3) is 0 Å². The Morgan fingerprint density at radius 2 is 1.93 bits per heavy atom. The highest BCUT2D eigenvalue weighted by atomic mass is 16.5. The topological polar surface area (TPSA) is 29.5 Å². The molecule has 0 bridgehead atoms. The molecular formula is C13H24O2. The van der Waals surface area contributed by atoms with E-state index in [0.717, 1.165) is 19.4 Å². The Labute approximate surface area is 93.0 Å². The first-order valence-electron chi connectivity index (χ1n) is 6.46. The van der Waals surface area contributed by atoms with Gasteiger partial charge in [0.2, 0.25) is 0 Å². The number of hydrogen-bond donors (Lipinski definition) is 1. The number of hydrogen-bond acceptors (Lipinski definition) is 2. The van der Waals surface area contributed by atoms with E-state index in [1.54, 1.807) is 0 Å². The van der Waals surface area contributed by atoms with Crippen molar-refractivity contribution < 1.29 is 9.84 Å². The molecule has 1 saturated heterocycles. The summed E-state index contributed by atoms with van der Waals surface area (Å²) >= 11 is 0. The minimum atomic E-state index is -0.413. The van der Waals surface area contributed by atoms with E-state index in [-0.39, 0.29) is 6.10 Å². The third-order valence-electron chi connectivity index (χ3n) is 4.28. The molecule has 1 N–H and O–H groups in total. The minimum absolute atomic E-state index is 0.268. The van der Waals surface area contributed by atoms with E-state index < -0.39 is 5.60 Å². The quantitative estimate of drug-likeness (QED) is 0.762. The van der Waals surface area contributed by atoms with Crippen molar-refractivity contribution in [2.75, 3.05) is 6.61 Å². The Hall–Kier alpha value is -0.0800. The van der Waals surface area contributed by atoms with Gasteiger partial charge >= 0.3 is 0 Å². The fraction of sp³-hybridized carbons (Fsp3) is 1.00. The maximum atomic E-state index is 10.7. The summed E-state index contributed by atoms with van der Waals surface area (Å²) in [6, 6.07) is 0. The van der Waals surface area contributed by atoms with Gasteiger partial charge in [0.15, 0.2) is 0 Å². The first kappa shape index (κ1) is 11.4. The van der Waals surface area contributed by atoms with Crippen molar-refractivity contribution in [3.05, 3.63) is 0 Å². The van der Waals surface area contributed by atoms with Crippen molar-refractivity contribution in [2.24, 2.45) is 11.8 Å². The van der Waals surface area contributed by atoms with Gasteiger partial charge in [-0.05, 0) is 31.1 Å². The van der Waals surface area contributed by atoms with Crippen LogP contribution in [-0.4, -0.2) is 23.4 Å². The van der Waals surface area contributed by atoms with Gasteiger partial charge in [0.05, 0.1) is 11.7 Å². The summed E-state index contributed by atoms with van der Waals surface area (Å²) in [5.74, 6) is 1.07. The van der Waals surface area contributed by atoms with E-state index in [1.807, 2.05) is 0 Å². The van der Waals surface area contributed by atoms with Crippen LogP contribution in [0.4, 0.5) is 0 Å². The van der Waals surface area contributed by atoms with Crippen molar-refractivity contribution in [1.29, 1.82) is 0 Å². The zero-order chi connectivity index (χ0) is 10.9. The molecule has 0 aromatic rings. The highest BCUT2D eigenvalue weighted by Crippen LogP contribution is 2.42. The zero-order valence-electron chi connectivity index (χ0n) is 10.0. The molecule has 1 aliphatic heterocycles. The molecule has 1 heterocycles. The van der Waals surface area contributed by atoms with E-state index >= 15 is 0 Å². The minimum Gasteiger partial charge on any atom is -0.389 e. The molecular weight excluding hydrogens is 188 g/mol. The van der Waals surface area contributed by atoms with Crippen molar-refractivity contribution in [2.45, 2.75) is 64.1 Å². The maximum absolute atomic E-state index is 10.7. The molecule has 2 rings (SSSR count). The zero-order valence-corrected chi connectivity index (χ0v) is 10.0. The highest BCUT2D eigenvalue weighted by Gasteiger charge is 2.43. The maximum Gasteiger partial charge on any atom is 0.0722 e. The van der Waals surface area contributed by atoms with Gasteiger partial charge in [-0.2, -0.15) is 0 Å². The Balaban J connectivity index is 2.00. The molecule has 2 atom stereocenters. The van der Waals surface area contributed by atoms with Crippen molar-refractivity contribution in [3.63, 3.8) is 0 Å². The molecule has 2 fully saturated rings. The second-order valence-electron chi connectivity index (χ2n) is 5.69. The Morgan fingerprint density at radius 3 is 2.53 bits per heavy atom. The standard InChI is InChI=1S/C13H24O2/c1-10(2)12-9-13(14,7-8-15-12)11-5-3-4-6-11/h10-12,14H,3-9H2,1-2H3. The van der Waals surface area contributed by atoms with E-state index in [1.165, 1.54) is 25.7 Å². The van der Waals surface area contributed by atoms with Crippen LogP contribution in [0.1, 0.15) is 52.4 Å². The lowest BCUT2D eigenvalue weighted by atomic mass is 9.76. The van der Waals surface area contributed by atoms with Crippen molar-refractivity contribution in [1.82, 2.24) is 0 Å². The highest BCUT2D eigenvalue weighted by molar-refractivity contribution is 4.94. The SMILES string of the molecule is CC(C)C1CC(O)(C2CCCC2)CCO1. The fourth-order valence-corrected chi connectivity index (χ4v) is 3.16. The summed E-state index contributed by atoms with van der Waals surface area (Å²) in [5.41, 5.74) is -0.413. The van der Waals surface area contributed by atoms with Crippen LogP contribution in [0, 0.1) is 11.8 Å². The van der Waals surface area contributed by atoms with Crippen LogP contribution in [0.5, 0.6) is 0 Å². The molecule has 0 spiro atoms. The predicted octanol–water partition coefficient (Wildman–Crippen LogP) is 2.74. The van der Waals surface area contributed by atoms with Crippen LogP contribution in [0.3, 0.4) is 0 Å². The first-order chi connectivity index (χ1) is 7.12. The molecule has 1 aliphatic carbocycles. The largest absolute Gasteiger partial charge is 0.389 e.